The van der Waals surface area contributed by atoms with E-state index in [9.17, 15) is 4.79 Å². The molecule has 1 amide bonds. The zero-order valence-electron chi connectivity index (χ0n) is 11.6. The highest BCUT2D eigenvalue weighted by Crippen LogP contribution is 2.19. The third-order valence-corrected chi connectivity index (χ3v) is 2.89. The third-order valence-electron chi connectivity index (χ3n) is 2.89. The molecule has 0 spiro atoms. The number of aryl methyl sites for hydroxylation is 2. The lowest BCUT2D eigenvalue weighted by atomic mass is 10.2. The zero-order valence-corrected chi connectivity index (χ0v) is 11.6. The van der Waals surface area contributed by atoms with Gasteiger partial charge in [-0.3, -0.25) is 9.48 Å². The number of anilines is 1. The zero-order chi connectivity index (χ0) is 13.9. The van der Waals surface area contributed by atoms with Crippen molar-refractivity contribution in [3.05, 3.63) is 24.0 Å². The first-order valence-electron chi connectivity index (χ1n) is 6.18. The van der Waals surface area contributed by atoms with Crippen molar-refractivity contribution < 1.29 is 4.79 Å². The summed E-state index contributed by atoms with van der Waals surface area (Å²) in [6.45, 7) is 12.5. The van der Waals surface area contributed by atoms with Gasteiger partial charge in [-0.25, -0.2) is 0 Å². The molecule has 5 nitrogen and oxygen atoms in total. The van der Waals surface area contributed by atoms with Crippen LogP contribution >= 0.6 is 0 Å². The molecule has 1 aromatic heterocycles. The standard InChI is InChI=1S/C13H22N4O/c1-6-8-16(9(3)4)13(18)12-11(14)10(5)15-17(12)7-2/h6,9H,1,7-8,14H2,2-5H3. The Balaban J connectivity index is 3.19. The lowest BCUT2D eigenvalue weighted by molar-refractivity contribution is 0.0717. The number of carbonyl (C=O) groups excluding carboxylic acids is 1. The maximum atomic E-state index is 12.5. The molecule has 0 aromatic carbocycles. The topological polar surface area (TPSA) is 64.2 Å². The summed E-state index contributed by atoms with van der Waals surface area (Å²) in [5.74, 6) is -0.0927. The average Bonchev–Trinajstić information content (AvgIpc) is 2.61. The molecule has 1 heterocycles. The van der Waals surface area contributed by atoms with Crippen LogP contribution in [0.15, 0.2) is 12.7 Å². The molecule has 0 bridgehead atoms. The number of nitrogens with zero attached hydrogens (tertiary/aromatic N) is 3. The molecule has 0 fully saturated rings. The van der Waals surface area contributed by atoms with Crippen LogP contribution in [0.4, 0.5) is 5.69 Å². The molecule has 2 N–H and O–H groups in total. The van der Waals surface area contributed by atoms with Gasteiger partial charge in [-0.2, -0.15) is 5.10 Å². The average molecular weight is 250 g/mol. The van der Waals surface area contributed by atoms with Crippen LogP contribution in [0.25, 0.3) is 0 Å². The number of rotatable bonds is 5. The summed E-state index contributed by atoms with van der Waals surface area (Å²) in [7, 11) is 0. The van der Waals surface area contributed by atoms with E-state index in [4.69, 9.17) is 5.73 Å². The van der Waals surface area contributed by atoms with Gasteiger partial charge in [-0.15, -0.1) is 6.58 Å². The van der Waals surface area contributed by atoms with Crippen molar-refractivity contribution in [1.82, 2.24) is 14.7 Å². The largest absolute Gasteiger partial charge is 0.395 e. The molecular weight excluding hydrogens is 228 g/mol. The van der Waals surface area contributed by atoms with E-state index in [0.29, 0.717) is 30.2 Å². The van der Waals surface area contributed by atoms with Gasteiger partial charge in [0.15, 0.2) is 0 Å². The van der Waals surface area contributed by atoms with Crippen LogP contribution in [-0.4, -0.2) is 33.2 Å². The van der Waals surface area contributed by atoms with Crippen LogP contribution in [0.3, 0.4) is 0 Å². The lowest BCUT2D eigenvalue weighted by Crippen LogP contribution is -2.38. The second-order valence-corrected chi connectivity index (χ2v) is 4.50. The van der Waals surface area contributed by atoms with Crippen molar-refractivity contribution in [1.29, 1.82) is 0 Å². The smallest absolute Gasteiger partial charge is 0.274 e. The second kappa shape index (κ2) is 5.71. The van der Waals surface area contributed by atoms with Gasteiger partial charge >= 0.3 is 0 Å². The van der Waals surface area contributed by atoms with E-state index in [0.717, 1.165) is 0 Å². The van der Waals surface area contributed by atoms with Gasteiger partial charge in [0, 0.05) is 19.1 Å². The molecule has 0 aliphatic heterocycles. The van der Waals surface area contributed by atoms with E-state index in [1.54, 1.807) is 15.7 Å². The fraction of sp³-hybridized carbons (Fsp3) is 0.538. The van der Waals surface area contributed by atoms with Crippen molar-refractivity contribution in [3.8, 4) is 0 Å². The number of aromatic nitrogens is 2. The summed E-state index contributed by atoms with van der Waals surface area (Å²) in [5.41, 5.74) is 7.60. The molecule has 1 rings (SSSR count). The quantitative estimate of drug-likeness (QED) is 0.811. The highest BCUT2D eigenvalue weighted by molar-refractivity contribution is 5.98. The minimum Gasteiger partial charge on any atom is -0.395 e. The first kappa shape index (κ1) is 14.3. The number of hydrogen-bond donors (Lipinski definition) is 1. The summed E-state index contributed by atoms with van der Waals surface area (Å²) in [4.78, 5) is 14.3. The summed E-state index contributed by atoms with van der Waals surface area (Å²) in [6, 6.07) is 0.0930. The summed E-state index contributed by atoms with van der Waals surface area (Å²) < 4.78 is 1.66. The van der Waals surface area contributed by atoms with Gasteiger partial charge < -0.3 is 10.6 Å². The van der Waals surface area contributed by atoms with Crippen LogP contribution in [0.5, 0.6) is 0 Å². The van der Waals surface area contributed by atoms with Crippen molar-refractivity contribution >= 4 is 11.6 Å². The summed E-state index contributed by atoms with van der Waals surface area (Å²) in [5, 5.41) is 4.27. The molecule has 0 unspecified atom stereocenters. The van der Waals surface area contributed by atoms with Crippen LogP contribution in [0.2, 0.25) is 0 Å². The molecule has 0 aliphatic carbocycles. The van der Waals surface area contributed by atoms with Crippen molar-refractivity contribution in [2.75, 3.05) is 12.3 Å². The van der Waals surface area contributed by atoms with E-state index in [1.807, 2.05) is 27.7 Å². The number of amides is 1. The minimum atomic E-state index is -0.0927. The summed E-state index contributed by atoms with van der Waals surface area (Å²) >= 11 is 0. The van der Waals surface area contributed by atoms with E-state index in [-0.39, 0.29) is 11.9 Å². The highest BCUT2D eigenvalue weighted by Gasteiger charge is 2.25. The monoisotopic (exact) mass is 250 g/mol. The van der Waals surface area contributed by atoms with Gasteiger partial charge in [0.2, 0.25) is 0 Å². The lowest BCUT2D eigenvalue weighted by Gasteiger charge is -2.25. The van der Waals surface area contributed by atoms with Crippen molar-refractivity contribution in [2.24, 2.45) is 0 Å². The Hall–Kier alpha value is -1.78. The third kappa shape index (κ3) is 2.55. The summed E-state index contributed by atoms with van der Waals surface area (Å²) in [6.07, 6.45) is 1.72. The SMILES string of the molecule is C=CCN(C(=O)c1c(N)c(C)nn1CC)C(C)C. The molecule has 100 valence electrons. The number of carbonyl (C=O) groups is 1. The van der Waals surface area contributed by atoms with Gasteiger partial charge in [-0.05, 0) is 27.7 Å². The van der Waals surface area contributed by atoms with E-state index >= 15 is 0 Å². The maximum Gasteiger partial charge on any atom is 0.274 e. The normalized spacial score (nSPS) is 10.7. The van der Waals surface area contributed by atoms with Gasteiger partial charge in [-0.1, -0.05) is 6.08 Å². The fourth-order valence-electron chi connectivity index (χ4n) is 1.85. The minimum absolute atomic E-state index is 0.0927. The van der Waals surface area contributed by atoms with Crippen LogP contribution in [0.1, 0.15) is 37.0 Å². The molecule has 5 heteroatoms. The van der Waals surface area contributed by atoms with E-state index in [2.05, 4.69) is 11.7 Å². The Morgan fingerprint density at radius 2 is 2.22 bits per heavy atom. The Morgan fingerprint density at radius 1 is 1.61 bits per heavy atom. The van der Waals surface area contributed by atoms with Crippen LogP contribution < -0.4 is 5.73 Å². The van der Waals surface area contributed by atoms with Crippen LogP contribution in [0, 0.1) is 6.92 Å². The Labute approximate surface area is 108 Å². The molecular formula is C13H22N4O. The van der Waals surface area contributed by atoms with E-state index < -0.39 is 0 Å². The van der Waals surface area contributed by atoms with Crippen molar-refractivity contribution in [2.45, 2.75) is 40.3 Å². The van der Waals surface area contributed by atoms with Crippen molar-refractivity contribution in [3.63, 3.8) is 0 Å². The van der Waals surface area contributed by atoms with E-state index in [1.165, 1.54) is 0 Å². The number of nitrogen functional groups attached to an aromatic ring is 1. The molecule has 0 aliphatic rings. The number of nitrogens with two attached hydrogens (primary N) is 1. The van der Waals surface area contributed by atoms with Crippen LogP contribution in [-0.2, 0) is 6.54 Å². The van der Waals surface area contributed by atoms with Gasteiger partial charge in [0.1, 0.15) is 5.69 Å². The Kier molecular flexibility index (Phi) is 4.53. The predicted molar refractivity (Wildman–Crippen MR) is 73.4 cm³/mol. The molecule has 18 heavy (non-hydrogen) atoms. The Bertz CT molecular complexity index is 448. The van der Waals surface area contributed by atoms with Gasteiger partial charge in [0.25, 0.3) is 5.91 Å². The molecule has 0 saturated heterocycles. The molecule has 1 aromatic rings. The fourth-order valence-corrected chi connectivity index (χ4v) is 1.85. The number of hydrogen-bond acceptors (Lipinski definition) is 3. The Morgan fingerprint density at radius 3 is 2.67 bits per heavy atom. The van der Waals surface area contributed by atoms with Gasteiger partial charge in [0.05, 0.1) is 11.4 Å². The highest BCUT2D eigenvalue weighted by atomic mass is 16.2. The predicted octanol–water partition coefficient (Wildman–Crippen LogP) is 1.83. The molecule has 0 atom stereocenters. The molecule has 0 radical (unpaired) electrons. The first-order chi connectivity index (χ1) is 8.43. The second-order valence-electron chi connectivity index (χ2n) is 4.50. The molecule has 0 saturated carbocycles. The maximum absolute atomic E-state index is 12.5. The first-order valence-corrected chi connectivity index (χ1v) is 6.18.